The van der Waals surface area contributed by atoms with E-state index in [4.69, 9.17) is 0 Å². The Morgan fingerprint density at radius 2 is 2.00 bits per heavy atom. The van der Waals surface area contributed by atoms with E-state index >= 15 is 0 Å². The van der Waals surface area contributed by atoms with Crippen LogP contribution in [0.4, 0.5) is 0 Å². The van der Waals surface area contributed by atoms with Crippen molar-refractivity contribution in [1.29, 1.82) is 0 Å². The van der Waals surface area contributed by atoms with Crippen molar-refractivity contribution in [2.75, 3.05) is 0 Å². The normalized spacial score (nSPS) is 25.6. The van der Waals surface area contributed by atoms with Crippen LogP contribution in [0.1, 0.15) is 20.8 Å². The molecule has 10 heavy (non-hydrogen) atoms. The molecule has 0 saturated heterocycles. The monoisotopic (exact) mass is 163 g/mol. The van der Waals surface area contributed by atoms with Gasteiger partial charge in [0, 0.05) is 18.8 Å². The van der Waals surface area contributed by atoms with Crippen LogP contribution in [0, 0.1) is 0 Å². The fourth-order valence-electron chi connectivity index (χ4n) is 1.33. The zero-order valence-electron chi connectivity index (χ0n) is 6.65. The number of allylic oxidation sites excluding steroid dienone is 4. The smallest absolute Gasteiger partial charge is 0.0333 e. The van der Waals surface area contributed by atoms with E-state index in [9.17, 15) is 0 Å². The largest absolute Gasteiger partial charge is 0.0695 e. The van der Waals surface area contributed by atoms with E-state index in [0.717, 1.165) is 9.04 Å². The van der Waals surface area contributed by atoms with Gasteiger partial charge in [0.1, 0.15) is 0 Å². The molecule has 0 aromatic carbocycles. The Morgan fingerprint density at radius 3 is 2.20 bits per heavy atom. The lowest BCUT2D eigenvalue weighted by Crippen LogP contribution is -2.03. The van der Waals surface area contributed by atoms with Crippen molar-refractivity contribution in [3.8, 4) is 0 Å². The van der Waals surface area contributed by atoms with Crippen LogP contribution in [0.15, 0.2) is 22.8 Å². The molecule has 5 radical (unpaired) electrons. The summed E-state index contributed by atoms with van der Waals surface area (Å²) in [4.78, 5) is 0. The second-order valence-corrected chi connectivity index (χ2v) is 4.56. The van der Waals surface area contributed by atoms with Crippen LogP contribution in [-0.2, 0) is 0 Å². The third-order valence-corrected chi connectivity index (χ3v) is 4.14. The minimum atomic E-state index is 0.691. The lowest BCUT2D eigenvalue weighted by Gasteiger charge is -2.09. The van der Waals surface area contributed by atoms with Gasteiger partial charge in [-0.05, 0) is 26.3 Å². The Bertz CT molecular complexity index is 201. The van der Waals surface area contributed by atoms with Crippen LogP contribution in [0.25, 0.3) is 0 Å². The molecule has 0 aromatic heterocycles. The van der Waals surface area contributed by atoms with Gasteiger partial charge < -0.3 is 0 Å². The van der Waals surface area contributed by atoms with Gasteiger partial charge in [0.2, 0.25) is 0 Å². The topological polar surface area (TPSA) is 0 Å². The van der Waals surface area contributed by atoms with E-state index in [1.807, 2.05) is 0 Å². The molecule has 1 rings (SSSR count). The fourth-order valence-corrected chi connectivity index (χ4v) is 3.42. The summed E-state index contributed by atoms with van der Waals surface area (Å²) in [5, 5.41) is 0. The summed E-state index contributed by atoms with van der Waals surface area (Å²) in [6, 6.07) is 0. The van der Waals surface area contributed by atoms with Gasteiger partial charge >= 0.3 is 0 Å². The Morgan fingerprint density at radius 1 is 1.40 bits per heavy atom. The molecule has 0 N–H and O–H groups in total. The highest BCUT2D eigenvalue weighted by molar-refractivity contribution is 6.91. The molecule has 0 aliphatic heterocycles. The van der Waals surface area contributed by atoms with Crippen molar-refractivity contribution >= 4 is 18.8 Å². The molecule has 0 saturated carbocycles. The second kappa shape index (κ2) is 2.88. The quantitative estimate of drug-likeness (QED) is 0.518. The molecule has 0 fully saturated rings. The van der Waals surface area contributed by atoms with Gasteiger partial charge in [0.15, 0.2) is 0 Å². The predicted octanol–water partition coefficient (Wildman–Crippen LogP) is 1.86. The van der Waals surface area contributed by atoms with Crippen molar-refractivity contribution in [1.82, 2.24) is 0 Å². The summed E-state index contributed by atoms with van der Waals surface area (Å²) in [5.41, 5.74) is 5.18. The van der Waals surface area contributed by atoms with Crippen LogP contribution in [0.3, 0.4) is 0 Å². The predicted molar refractivity (Wildman–Crippen MR) is 47.4 cm³/mol. The minimum Gasteiger partial charge on any atom is -0.0695 e. The van der Waals surface area contributed by atoms with Crippen molar-refractivity contribution in [3.63, 3.8) is 0 Å². The van der Waals surface area contributed by atoms with Crippen LogP contribution in [-0.4, -0.2) is 18.8 Å². The maximum absolute atomic E-state index is 3.58. The highest BCUT2D eigenvalue weighted by Gasteiger charge is 2.17. The summed E-state index contributed by atoms with van der Waals surface area (Å²) >= 11 is 0. The van der Waals surface area contributed by atoms with Gasteiger partial charge in [0.05, 0.1) is 0 Å². The second-order valence-electron chi connectivity index (χ2n) is 2.83. The third-order valence-electron chi connectivity index (χ3n) is 2.10. The van der Waals surface area contributed by atoms with Crippen molar-refractivity contribution in [3.05, 3.63) is 22.8 Å². The Labute approximate surface area is 68.4 Å². The van der Waals surface area contributed by atoms with Gasteiger partial charge in [-0.3, -0.25) is 0 Å². The lowest BCUT2D eigenvalue weighted by atomic mass is 10.1. The maximum Gasteiger partial charge on any atom is 0.0333 e. The Kier molecular flexibility index (Phi) is 2.31. The lowest BCUT2D eigenvalue weighted by molar-refractivity contribution is 1.12. The average molecular weight is 163 g/mol. The van der Waals surface area contributed by atoms with E-state index in [1.54, 1.807) is 0 Å². The molecule has 0 heterocycles. The maximum atomic E-state index is 3.58. The van der Waals surface area contributed by atoms with Crippen LogP contribution < -0.4 is 0 Å². The van der Waals surface area contributed by atoms with Crippen molar-refractivity contribution in [2.45, 2.75) is 26.3 Å². The summed E-state index contributed by atoms with van der Waals surface area (Å²) in [5.74, 6) is 0. The van der Waals surface area contributed by atoms with Gasteiger partial charge in [-0.1, -0.05) is 22.8 Å². The average Bonchev–Trinajstić information content (AvgIpc) is 2.09. The molecule has 1 atom stereocenters. The van der Waals surface area contributed by atoms with Crippen LogP contribution >= 0.6 is 0 Å². The molecule has 1 aliphatic rings. The molecule has 0 nitrogen and oxygen atoms in total. The van der Waals surface area contributed by atoms with Crippen LogP contribution in [0.5, 0.6) is 0 Å². The zero-order valence-corrected chi connectivity index (χ0v) is 8.65. The van der Waals surface area contributed by atoms with Crippen molar-refractivity contribution in [2.24, 2.45) is 0 Å². The van der Waals surface area contributed by atoms with E-state index in [1.165, 1.54) is 16.7 Å². The molecule has 0 aromatic rings. The third kappa shape index (κ3) is 1.18. The molecule has 1 unspecified atom stereocenters. The van der Waals surface area contributed by atoms with E-state index in [-0.39, 0.29) is 0 Å². The highest BCUT2D eigenvalue weighted by Crippen LogP contribution is 2.34. The molecular weight excluding hydrogens is 152 g/mol. The molecule has 2 heteroatoms. The Hall–Kier alpha value is -0.0862. The molecule has 1 aliphatic carbocycles. The fraction of sp³-hybridized carbons (Fsp3) is 0.500. The minimum absolute atomic E-state index is 0.691. The summed E-state index contributed by atoms with van der Waals surface area (Å²) in [7, 11) is 4.42. The standard InChI is InChI=1S/C8H11Si2/c1-5-4-6(2)8(10-9)7(5)3/h4,8H,1-3H3. The summed E-state index contributed by atoms with van der Waals surface area (Å²) in [6.07, 6.45) is 2.28. The molecule has 0 amide bonds. The van der Waals surface area contributed by atoms with Gasteiger partial charge in [-0.2, -0.15) is 0 Å². The van der Waals surface area contributed by atoms with E-state index in [0.29, 0.717) is 5.54 Å². The number of hydrogen-bond donors (Lipinski definition) is 0. The number of rotatable bonds is 1. The molecule has 0 spiro atoms. The van der Waals surface area contributed by atoms with Crippen LogP contribution in [0.2, 0.25) is 5.54 Å². The first-order chi connectivity index (χ1) is 4.66. The molecule has 0 bridgehead atoms. The zero-order chi connectivity index (χ0) is 7.72. The van der Waals surface area contributed by atoms with Crippen molar-refractivity contribution < 1.29 is 0 Å². The van der Waals surface area contributed by atoms with Gasteiger partial charge in [-0.25, -0.2) is 0 Å². The summed E-state index contributed by atoms with van der Waals surface area (Å²) in [6.45, 7) is 6.61. The molecule has 51 valence electrons. The van der Waals surface area contributed by atoms with Gasteiger partial charge in [0.25, 0.3) is 0 Å². The number of hydrogen-bond acceptors (Lipinski definition) is 0. The van der Waals surface area contributed by atoms with Gasteiger partial charge in [-0.15, -0.1) is 0 Å². The molecular formula is C8H11Si2. The first-order valence-electron chi connectivity index (χ1n) is 3.44. The Balaban J connectivity index is 2.86. The first-order valence-corrected chi connectivity index (χ1v) is 6.02. The van der Waals surface area contributed by atoms with E-state index in [2.05, 4.69) is 36.6 Å². The SMILES string of the molecule is CC1=CC(C)=C(C)C1[Si][Si]. The first kappa shape index (κ1) is 8.01. The highest BCUT2D eigenvalue weighted by atomic mass is 29.1. The summed E-state index contributed by atoms with van der Waals surface area (Å²) < 4.78 is 0. The van der Waals surface area contributed by atoms with E-state index < -0.39 is 0 Å².